The Hall–Kier alpha value is -2.81. The second kappa shape index (κ2) is 14.2. The molecule has 0 saturated carbocycles. The molecule has 0 amide bonds. The van der Waals surface area contributed by atoms with Crippen molar-refractivity contribution < 1.29 is 66.0 Å². The third-order valence-corrected chi connectivity index (χ3v) is 13.5. The summed E-state index contributed by atoms with van der Waals surface area (Å²) in [7, 11) is -12.0. The zero-order valence-electron chi connectivity index (χ0n) is 24.1. The predicted molar refractivity (Wildman–Crippen MR) is 156 cm³/mol. The number of phosphoric ester groups is 1. The van der Waals surface area contributed by atoms with E-state index in [9.17, 15) is 43.4 Å². The van der Waals surface area contributed by atoms with Crippen molar-refractivity contribution in [1.82, 2.24) is 19.5 Å². The summed E-state index contributed by atoms with van der Waals surface area (Å²) in [6, 6.07) is 6.42. The number of aromatic nitrogens is 4. The molecule has 5 rings (SSSR count). The van der Waals surface area contributed by atoms with E-state index in [1.807, 2.05) is 0 Å². The molecule has 48 heavy (non-hydrogen) atoms. The van der Waals surface area contributed by atoms with E-state index < -0.39 is 77.1 Å². The van der Waals surface area contributed by atoms with E-state index in [0.29, 0.717) is 11.1 Å². The number of nitrogens with zero attached hydrogens (tertiary/aromatic N) is 7. The van der Waals surface area contributed by atoms with Gasteiger partial charge in [-0.05, 0) is 16.7 Å². The first-order valence-electron chi connectivity index (χ1n) is 13.4. The molecular formula is C22H24N8O14P3S-3. The molecule has 0 aliphatic carbocycles. The molecule has 26 heteroatoms. The summed E-state index contributed by atoms with van der Waals surface area (Å²) in [6.07, 6.45) is -4.47. The summed E-state index contributed by atoms with van der Waals surface area (Å²) in [6.45, 7) is -6.37. The molecule has 260 valence electrons. The van der Waals surface area contributed by atoms with Gasteiger partial charge in [-0.1, -0.05) is 40.8 Å². The van der Waals surface area contributed by atoms with Crippen LogP contribution in [0.4, 0.5) is 5.82 Å². The highest BCUT2D eigenvalue weighted by atomic mass is 32.7. The Morgan fingerprint density at radius 3 is 2.52 bits per heavy atom. The maximum atomic E-state index is 12.8. The van der Waals surface area contributed by atoms with Gasteiger partial charge in [-0.2, -0.15) is 0 Å². The molecule has 1 aromatic carbocycles. The van der Waals surface area contributed by atoms with E-state index in [-0.39, 0.29) is 41.5 Å². The number of phosphoric acid groups is 2. The third-order valence-electron chi connectivity index (χ3n) is 6.99. The SMILES string of the molecule is [N-]=[N+]=NCc1ccc(C2(C(=O)CCSP(=O)([O-])OP(=O)([O-])OP(=O)([O-])OCC3OC(n4cnc5c(N)ncnc54)C(O)C3O)CO2)cc1. The number of epoxide rings is 1. The Morgan fingerprint density at radius 1 is 1.15 bits per heavy atom. The highest BCUT2D eigenvalue weighted by molar-refractivity contribution is 8.54. The molecule has 4 heterocycles. The normalized spacial score (nSPS) is 27.4. The van der Waals surface area contributed by atoms with Gasteiger partial charge in [0.15, 0.2) is 35.9 Å². The van der Waals surface area contributed by atoms with Crippen molar-refractivity contribution in [3.05, 3.63) is 58.5 Å². The first-order valence-corrected chi connectivity index (χ1v) is 19.5. The van der Waals surface area contributed by atoms with E-state index in [4.69, 9.17) is 20.7 Å². The number of carbonyl (C=O) groups excluding carboxylic acids is 1. The monoisotopic (exact) mass is 749 g/mol. The molecule has 8 atom stereocenters. The lowest BCUT2D eigenvalue weighted by atomic mass is 9.93. The van der Waals surface area contributed by atoms with E-state index in [1.165, 1.54) is 10.9 Å². The maximum absolute atomic E-state index is 12.8. The van der Waals surface area contributed by atoms with Gasteiger partial charge in [0.05, 0.1) is 26.1 Å². The topological polar surface area (TPSA) is 346 Å². The molecule has 0 bridgehead atoms. The predicted octanol–water partition coefficient (Wildman–Crippen LogP) is -0.0889. The fourth-order valence-electron chi connectivity index (χ4n) is 4.63. The summed E-state index contributed by atoms with van der Waals surface area (Å²) in [5, 5.41) is 24.3. The first kappa shape index (κ1) is 36.5. The molecule has 2 aromatic heterocycles. The van der Waals surface area contributed by atoms with Crippen molar-refractivity contribution in [1.29, 1.82) is 0 Å². The summed E-state index contributed by atoms with van der Waals surface area (Å²) in [5.41, 5.74) is 14.2. The highest BCUT2D eigenvalue weighted by Crippen LogP contribution is 2.67. The number of ether oxygens (including phenoxy) is 2. The molecule has 2 fully saturated rings. The number of nitrogens with two attached hydrogens (primary N) is 1. The van der Waals surface area contributed by atoms with Crippen molar-refractivity contribution in [3.63, 3.8) is 0 Å². The Bertz CT molecular complexity index is 1870. The van der Waals surface area contributed by atoms with Gasteiger partial charge in [0.25, 0.3) is 15.6 Å². The molecule has 4 N–H and O–H groups in total. The lowest BCUT2D eigenvalue weighted by Crippen LogP contribution is -2.34. The van der Waals surface area contributed by atoms with Crippen LogP contribution in [0.2, 0.25) is 0 Å². The van der Waals surface area contributed by atoms with E-state index in [1.54, 1.807) is 24.3 Å². The Balaban J connectivity index is 1.10. The van der Waals surface area contributed by atoms with Crippen molar-refractivity contribution in [2.45, 2.75) is 43.1 Å². The Labute approximate surface area is 273 Å². The van der Waals surface area contributed by atoms with Gasteiger partial charge in [-0.15, -0.1) is 0 Å². The van der Waals surface area contributed by atoms with Crippen LogP contribution < -0.4 is 20.4 Å². The summed E-state index contributed by atoms with van der Waals surface area (Å²) in [5.74, 6) is -0.991. The molecule has 8 unspecified atom stereocenters. The second-order valence-corrected chi connectivity index (χ2v) is 17.2. The summed E-state index contributed by atoms with van der Waals surface area (Å²) < 4.78 is 60.9. The first-order chi connectivity index (χ1) is 22.6. The minimum atomic E-state index is -6.13. The molecule has 22 nitrogen and oxygen atoms in total. The molecule has 0 spiro atoms. The largest absolute Gasteiger partial charge is 0.770 e. The molecule has 2 aliphatic rings. The van der Waals surface area contributed by atoms with Crippen LogP contribution in [-0.4, -0.2) is 72.8 Å². The van der Waals surface area contributed by atoms with Crippen molar-refractivity contribution in [2.75, 3.05) is 24.7 Å². The average Bonchev–Trinajstić information content (AvgIpc) is 3.63. The van der Waals surface area contributed by atoms with Gasteiger partial charge < -0.3 is 44.6 Å². The zero-order valence-corrected chi connectivity index (χ0v) is 27.6. The number of Topliss-reactive ketones (excluding diaryl/α,β-unsaturated/α-hetero) is 1. The van der Waals surface area contributed by atoms with Gasteiger partial charge >= 0.3 is 0 Å². The lowest BCUT2D eigenvalue weighted by Gasteiger charge is -2.34. The number of azide groups is 1. The molecule has 3 aromatic rings. The maximum Gasteiger partial charge on any atom is 0.279 e. The third kappa shape index (κ3) is 8.31. The van der Waals surface area contributed by atoms with Crippen LogP contribution in [0.3, 0.4) is 0 Å². The van der Waals surface area contributed by atoms with Crippen LogP contribution >= 0.6 is 33.8 Å². The number of carbonyl (C=O) groups is 1. The zero-order chi connectivity index (χ0) is 34.9. The van der Waals surface area contributed by atoms with E-state index in [0.717, 1.165) is 6.33 Å². The molecule has 2 saturated heterocycles. The van der Waals surface area contributed by atoms with Crippen LogP contribution in [0.5, 0.6) is 0 Å². The minimum absolute atomic E-state index is 0.0133. The van der Waals surface area contributed by atoms with Gasteiger partial charge in [0.2, 0.25) is 0 Å². The summed E-state index contributed by atoms with van der Waals surface area (Å²) in [4.78, 5) is 63.9. The standard InChI is InChI=1S/C22H27N8O14P3S/c23-19-16-20(26-10-25-19)30(11-27-16)21-18(33)17(32)14(42-21)8-41-45(34,35)43-46(36,37)44-47(38,39)48-6-5-15(31)22(9-40-22)13-3-1-12(2-4-13)7-28-29-24/h1-4,10-11,14,17-18,21,32-33H,5-9H2,(H,34,35)(H,36,37)(H,38,39)(H2,23,25,26)/p-3. The number of aliphatic hydroxyl groups is 2. The summed E-state index contributed by atoms with van der Waals surface area (Å²) >= 11 is -0.0898. The highest BCUT2D eigenvalue weighted by Gasteiger charge is 2.52. The van der Waals surface area contributed by atoms with Gasteiger partial charge in [0.1, 0.15) is 30.2 Å². The van der Waals surface area contributed by atoms with Gasteiger partial charge in [-0.25, -0.2) is 19.3 Å². The van der Waals surface area contributed by atoms with Gasteiger partial charge in [0, 0.05) is 17.1 Å². The quantitative estimate of drug-likeness (QED) is 0.0566. The van der Waals surface area contributed by atoms with Crippen LogP contribution in [0.15, 0.2) is 42.0 Å². The number of hydrogen-bond acceptors (Lipinski definition) is 20. The number of imidazole rings is 1. The van der Waals surface area contributed by atoms with E-state index >= 15 is 0 Å². The number of ketones is 1. The number of nitrogen functional groups attached to an aromatic ring is 1. The van der Waals surface area contributed by atoms with Crippen LogP contribution in [-0.2, 0) is 53.3 Å². The molecule has 0 radical (unpaired) electrons. The average molecular weight is 749 g/mol. The molecule has 2 aliphatic heterocycles. The molecular weight excluding hydrogens is 725 g/mol. The number of hydrogen-bond donors (Lipinski definition) is 3. The number of rotatable bonds is 16. The smallest absolute Gasteiger partial charge is 0.279 e. The number of aliphatic hydroxyl groups excluding tert-OH is 2. The Kier molecular flexibility index (Phi) is 10.8. The van der Waals surface area contributed by atoms with Gasteiger partial charge in [-0.3, -0.25) is 27.4 Å². The van der Waals surface area contributed by atoms with Crippen molar-refractivity contribution in [3.8, 4) is 0 Å². The number of benzene rings is 1. The van der Waals surface area contributed by atoms with Crippen molar-refractivity contribution in [2.24, 2.45) is 5.11 Å². The van der Waals surface area contributed by atoms with Crippen LogP contribution in [0, 0.1) is 0 Å². The van der Waals surface area contributed by atoms with Crippen LogP contribution in [0.1, 0.15) is 23.8 Å². The second-order valence-electron chi connectivity index (χ2n) is 10.1. The van der Waals surface area contributed by atoms with Crippen LogP contribution in [0.25, 0.3) is 21.6 Å². The fraction of sp³-hybridized carbons (Fsp3) is 0.455. The van der Waals surface area contributed by atoms with Crippen molar-refractivity contribution >= 4 is 56.6 Å². The number of anilines is 1. The number of fused-ring (bicyclic) bond motifs is 1. The fourth-order valence-corrected chi connectivity index (χ4v) is 10.3. The Morgan fingerprint density at radius 2 is 1.85 bits per heavy atom. The van der Waals surface area contributed by atoms with E-state index in [2.05, 4.69) is 38.1 Å². The lowest BCUT2D eigenvalue weighted by molar-refractivity contribution is -0.245. The minimum Gasteiger partial charge on any atom is -0.770 e.